The summed E-state index contributed by atoms with van der Waals surface area (Å²) in [7, 11) is 0. The van der Waals surface area contributed by atoms with Gasteiger partial charge in [-0.1, -0.05) is 0 Å². The van der Waals surface area contributed by atoms with Crippen LogP contribution in [0.4, 0.5) is 0 Å². The molecule has 78 valence electrons. The third-order valence-electron chi connectivity index (χ3n) is 2.53. The molecule has 0 aliphatic carbocycles. The molecule has 0 aromatic carbocycles. The fourth-order valence-corrected chi connectivity index (χ4v) is 3.17. The van der Waals surface area contributed by atoms with Crippen LogP contribution in [0.1, 0.15) is 22.4 Å². The van der Waals surface area contributed by atoms with Gasteiger partial charge in [-0.3, -0.25) is 0 Å². The van der Waals surface area contributed by atoms with Crippen molar-refractivity contribution in [2.24, 2.45) is 0 Å². The molecule has 3 rings (SSSR count). The molecule has 3 nitrogen and oxygen atoms in total. The first-order valence-electron chi connectivity index (χ1n) is 4.75. The van der Waals surface area contributed by atoms with E-state index in [-0.39, 0.29) is 6.04 Å². The molecule has 0 spiro atoms. The van der Waals surface area contributed by atoms with Crippen LogP contribution < -0.4 is 5.32 Å². The second-order valence-corrected chi connectivity index (χ2v) is 5.89. The molecule has 1 N–H and O–H groups in total. The minimum atomic E-state index is 0.125. The number of hydrogen-bond acceptors (Lipinski definition) is 4. The highest BCUT2D eigenvalue weighted by Crippen LogP contribution is 2.33. The number of nitrogens with one attached hydrogen (secondary N) is 1. The zero-order valence-electron chi connectivity index (χ0n) is 7.87. The maximum atomic E-state index is 5.52. The van der Waals surface area contributed by atoms with E-state index in [1.165, 1.54) is 5.56 Å². The second-order valence-electron chi connectivity index (χ2n) is 3.45. The SMILES string of the molecule is Brc1cnc(C2NCCc3ccoc32)s1. The molecule has 2 aromatic heterocycles. The average Bonchev–Trinajstić information content (AvgIpc) is 2.84. The van der Waals surface area contributed by atoms with E-state index in [4.69, 9.17) is 4.42 Å². The smallest absolute Gasteiger partial charge is 0.130 e. The lowest BCUT2D eigenvalue weighted by molar-refractivity contribution is 0.424. The summed E-state index contributed by atoms with van der Waals surface area (Å²) in [6.07, 6.45) is 4.63. The lowest BCUT2D eigenvalue weighted by Crippen LogP contribution is -2.29. The maximum Gasteiger partial charge on any atom is 0.130 e. The molecule has 0 saturated heterocycles. The first kappa shape index (κ1) is 9.57. The maximum absolute atomic E-state index is 5.52. The van der Waals surface area contributed by atoms with E-state index in [1.54, 1.807) is 17.6 Å². The third-order valence-corrected chi connectivity index (χ3v) is 4.07. The van der Waals surface area contributed by atoms with Crippen molar-refractivity contribution in [1.29, 1.82) is 0 Å². The number of thiazole rings is 1. The zero-order chi connectivity index (χ0) is 10.3. The highest BCUT2D eigenvalue weighted by Gasteiger charge is 2.26. The summed E-state index contributed by atoms with van der Waals surface area (Å²) >= 11 is 5.07. The quantitative estimate of drug-likeness (QED) is 0.875. The molecule has 0 fully saturated rings. The molecule has 15 heavy (non-hydrogen) atoms. The molecule has 0 radical (unpaired) electrons. The summed E-state index contributed by atoms with van der Waals surface area (Å²) in [6, 6.07) is 2.17. The number of fused-ring (bicyclic) bond motifs is 1. The van der Waals surface area contributed by atoms with Crippen molar-refractivity contribution in [3.63, 3.8) is 0 Å². The van der Waals surface area contributed by atoms with Crippen LogP contribution >= 0.6 is 27.3 Å². The van der Waals surface area contributed by atoms with Gasteiger partial charge in [0, 0.05) is 6.54 Å². The number of furan rings is 1. The molecule has 1 unspecified atom stereocenters. The molecule has 1 aliphatic heterocycles. The van der Waals surface area contributed by atoms with Gasteiger partial charge >= 0.3 is 0 Å². The van der Waals surface area contributed by atoms with Crippen molar-refractivity contribution in [2.45, 2.75) is 12.5 Å². The summed E-state index contributed by atoms with van der Waals surface area (Å²) in [6.45, 7) is 0.981. The minimum absolute atomic E-state index is 0.125. The van der Waals surface area contributed by atoms with E-state index in [1.807, 2.05) is 12.3 Å². The van der Waals surface area contributed by atoms with E-state index in [0.29, 0.717) is 0 Å². The standard InChI is InChI=1S/C10H9BrN2OS/c11-7-5-13-10(15-7)8-9-6(1-3-12-8)2-4-14-9/h2,4-5,8,12H,1,3H2. The first-order valence-corrected chi connectivity index (χ1v) is 6.36. The Labute approximate surface area is 99.6 Å². The fraction of sp³-hybridized carbons (Fsp3) is 0.300. The molecule has 3 heterocycles. The predicted molar refractivity (Wildman–Crippen MR) is 62.1 cm³/mol. The molecule has 2 aromatic rings. The van der Waals surface area contributed by atoms with Crippen molar-refractivity contribution < 1.29 is 4.42 Å². The molecule has 0 amide bonds. The molecule has 0 saturated carbocycles. The van der Waals surface area contributed by atoms with Crippen LogP contribution in [0.25, 0.3) is 0 Å². The van der Waals surface area contributed by atoms with Gasteiger partial charge in [0.15, 0.2) is 0 Å². The van der Waals surface area contributed by atoms with E-state index < -0.39 is 0 Å². The van der Waals surface area contributed by atoms with Crippen molar-refractivity contribution in [3.8, 4) is 0 Å². The Morgan fingerprint density at radius 3 is 3.33 bits per heavy atom. The summed E-state index contributed by atoms with van der Waals surface area (Å²) in [5.41, 5.74) is 1.30. The minimum Gasteiger partial charge on any atom is -0.467 e. The van der Waals surface area contributed by atoms with Gasteiger partial charge in [0.1, 0.15) is 16.8 Å². The number of halogens is 1. The van der Waals surface area contributed by atoms with Gasteiger partial charge in [-0.15, -0.1) is 11.3 Å². The van der Waals surface area contributed by atoms with Crippen LogP contribution in [0.3, 0.4) is 0 Å². The lowest BCUT2D eigenvalue weighted by Gasteiger charge is -2.20. The van der Waals surface area contributed by atoms with Crippen molar-refractivity contribution >= 4 is 27.3 Å². The van der Waals surface area contributed by atoms with Gasteiger partial charge in [0.05, 0.1) is 16.2 Å². The van der Waals surface area contributed by atoms with Crippen molar-refractivity contribution in [3.05, 3.63) is 38.6 Å². The summed E-state index contributed by atoms with van der Waals surface area (Å²) in [5, 5.41) is 4.48. The Hall–Kier alpha value is -0.650. The molecule has 0 bridgehead atoms. The Bertz CT molecular complexity index is 479. The van der Waals surface area contributed by atoms with E-state index >= 15 is 0 Å². The van der Waals surface area contributed by atoms with Gasteiger partial charge in [0.25, 0.3) is 0 Å². The Morgan fingerprint density at radius 2 is 2.53 bits per heavy atom. The summed E-state index contributed by atoms with van der Waals surface area (Å²) in [4.78, 5) is 4.37. The highest BCUT2D eigenvalue weighted by atomic mass is 79.9. The Balaban J connectivity index is 2.02. The summed E-state index contributed by atoms with van der Waals surface area (Å²) < 4.78 is 6.57. The Kier molecular flexibility index (Phi) is 2.38. The van der Waals surface area contributed by atoms with Crippen LogP contribution in [0.15, 0.2) is 26.7 Å². The fourth-order valence-electron chi connectivity index (χ4n) is 1.85. The molecular weight excluding hydrogens is 276 g/mol. The highest BCUT2D eigenvalue weighted by molar-refractivity contribution is 9.11. The van der Waals surface area contributed by atoms with Gasteiger partial charge in [-0.05, 0) is 34.0 Å². The van der Waals surface area contributed by atoms with Gasteiger partial charge in [0.2, 0.25) is 0 Å². The average molecular weight is 285 g/mol. The molecule has 5 heteroatoms. The second kappa shape index (κ2) is 3.73. The Morgan fingerprint density at radius 1 is 1.60 bits per heavy atom. The molecule has 1 aliphatic rings. The van der Waals surface area contributed by atoms with Crippen LogP contribution in [0.5, 0.6) is 0 Å². The monoisotopic (exact) mass is 284 g/mol. The largest absolute Gasteiger partial charge is 0.467 e. The lowest BCUT2D eigenvalue weighted by atomic mass is 10.0. The van der Waals surface area contributed by atoms with E-state index in [9.17, 15) is 0 Å². The first-order chi connectivity index (χ1) is 7.34. The number of aromatic nitrogens is 1. The topological polar surface area (TPSA) is 38.1 Å². The van der Waals surface area contributed by atoms with Crippen LogP contribution in [-0.4, -0.2) is 11.5 Å². The van der Waals surface area contributed by atoms with Crippen LogP contribution in [0.2, 0.25) is 0 Å². The van der Waals surface area contributed by atoms with Gasteiger partial charge in [-0.25, -0.2) is 4.98 Å². The van der Waals surface area contributed by atoms with Crippen LogP contribution in [-0.2, 0) is 6.42 Å². The summed E-state index contributed by atoms with van der Waals surface area (Å²) in [5.74, 6) is 1.02. The number of rotatable bonds is 1. The van der Waals surface area contributed by atoms with E-state index in [0.717, 1.165) is 27.5 Å². The normalized spacial score (nSPS) is 20.2. The predicted octanol–water partition coefficient (Wildman–Crippen LogP) is 2.73. The molecule has 1 atom stereocenters. The zero-order valence-corrected chi connectivity index (χ0v) is 10.3. The van der Waals surface area contributed by atoms with Gasteiger partial charge in [-0.2, -0.15) is 0 Å². The van der Waals surface area contributed by atoms with E-state index in [2.05, 4.69) is 26.2 Å². The third kappa shape index (κ3) is 1.64. The van der Waals surface area contributed by atoms with Crippen LogP contribution in [0, 0.1) is 0 Å². The van der Waals surface area contributed by atoms with Gasteiger partial charge < -0.3 is 9.73 Å². The van der Waals surface area contributed by atoms with Crippen molar-refractivity contribution in [1.82, 2.24) is 10.3 Å². The molecular formula is C10H9BrN2OS. The number of nitrogens with zero attached hydrogens (tertiary/aromatic N) is 1. The number of hydrogen-bond donors (Lipinski definition) is 1. The van der Waals surface area contributed by atoms with Crippen molar-refractivity contribution in [2.75, 3.05) is 6.54 Å².